The number of hydrogen-bond donors (Lipinski definition) is 2. The number of nitrogens with zero attached hydrogens (tertiary/aromatic N) is 2. The van der Waals surface area contributed by atoms with Crippen LogP contribution in [0.4, 0.5) is 10.7 Å². The van der Waals surface area contributed by atoms with Gasteiger partial charge >= 0.3 is 11.7 Å². The minimum atomic E-state index is -0.782. The van der Waals surface area contributed by atoms with Crippen LogP contribution in [0.2, 0.25) is 0 Å². The fraction of sp³-hybridized carbons (Fsp3) is 0.211. The zero-order chi connectivity index (χ0) is 22.6. The first kappa shape index (κ1) is 23.3. The zero-order valence-electron chi connectivity index (χ0n) is 16.1. The van der Waals surface area contributed by atoms with Gasteiger partial charge in [-0.1, -0.05) is 0 Å². The number of halogens is 1. The number of anilines is 1. The lowest BCUT2D eigenvalue weighted by molar-refractivity contribution is -0.386. The Balaban J connectivity index is 2.42. The Morgan fingerprint density at radius 3 is 2.67 bits per heavy atom. The van der Waals surface area contributed by atoms with Gasteiger partial charge in [-0.3, -0.25) is 14.9 Å². The summed E-state index contributed by atoms with van der Waals surface area (Å²) in [6, 6.07) is 4.21. The summed E-state index contributed by atoms with van der Waals surface area (Å²) in [6.07, 6.45) is 1.17. The van der Waals surface area contributed by atoms with E-state index in [-0.39, 0.29) is 31.9 Å². The molecule has 0 fully saturated rings. The van der Waals surface area contributed by atoms with E-state index in [1.807, 2.05) is 0 Å². The second-order valence-corrected chi connectivity index (χ2v) is 8.35. The molecule has 0 aliphatic carbocycles. The van der Waals surface area contributed by atoms with Crippen LogP contribution in [0.15, 0.2) is 17.7 Å². The van der Waals surface area contributed by atoms with Crippen LogP contribution in [0.25, 0.3) is 6.08 Å². The molecule has 0 atom stereocenters. The molecule has 0 saturated heterocycles. The smallest absolute Gasteiger partial charge is 0.341 e. The van der Waals surface area contributed by atoms with Crippen LogP contribution in [0.3, 0.4) is 0 Å². The summed E-state index contributed by atoms with van der Waals surface area (Å²) in [5, 5.41) is 33.1. The number of nitriles is 1. The number of benzene rings is 1. The van der Waals surface area contributed by atoms with Crippen molar-refractivity contribution in [1.82, 2.24) is 0 Å². The van der Waals surface area contributed by atoms with Crippen LogP contribution < -0.4 is 5.32 Å². The van der Waals surface area contributed by atoms with Gasteiger partial charge in [-0.25, -0.2) is 4.79 Å². The third-order valence-corrected chi connectivity index (χ3v) is 5.98. The molecule has 0 saturated carbocycles. The normalized spacial score (nSPS) is 11.0. The zero-order valence-corrected chi connectivity index (χ0v) is 19.1. The van der Waals surface area contributed by atoms with Crippen molar-refractivity contribution in [1.29, 1.82) is 5.26 Å². The number of carbonyl (C=O) groups is 2. The lowest BCUT2D eigenvalue weighted by Gasteiger charge is -2.07. The van der Waals surface area contributed by atoms with Crippen molar-refractivity contribution in [2.24, 2.45) is 0 Å². The molecule has 1 aromatic heterocycles. The molecule has 9 nitrogen and oxygen atoms in total. The van der Waals surface area contributed by atoms with Crippen LogP contribution in [0.1, 0.15) is 33.3 Å². The summed E-state index contributed by atoms with van der Waals surface area (Å²) >= 11 is 2.89. The van der Waals surface area contributed by atoms with E-state index in [1.54, 1.807) is 49.4 Å². The number of nitro benzene ring substituents is 1. The number of thiophene rings is 1. The molecule has 156 valence electrons. The van der Waals surface area contributed by atoms with E-state index in [0.717, 1.165) is 10.9 Å². The Morgan fingerprint density at radius 1 is 1.43 bits per heavy atom. The highest BCUT2D eigenvalue weighted by molar-refractivity contribution is 14.1. The summed E-state index contributed by atoms with van der Waals surface area (Å²) in [4.78, 5) is 36.0. The third-order valence-electron chi connectivity index (χ3n) is 4.03. The minimum Gasteiger partial charge on any atom is -0.501 e. The Kier molecular flexibility index (Phi) is 7.52. The molecule has 2 rings (SSSR count). The van der Waals surface area contributed by atoms with E-state index in [1.165, 1.54) is 23.5 Å². The molecule has 1 aromatic carbocycles. The number of amides is 1. The first-order valence-corrected chi connectivity index (χ1v) is 10.4. The maximum absolute atomic E-state index is 12.6. The molecular formula is C19H16IN3O6S. The lowest BCUT2D eigenvalue weighted by atomic mass is 10.1. The van der Waals surface area contributed by atoms with Crippen molar-refractivity contribution >= 4 is 62.6 Å². The highest BCUT2D eigenvalue weighted by atomic mass is 127. The topological polar surface area (TPSA) is 143 Å². The van der Waals surface area contributed by atoms with Gasteiger partial charge in [-0.05, 0) is 66.6 Å². The van der Waals surface area contributed by atoms with E-state index in [9.17, 15) is 30.1 Å². The predicted molar refractivity (Wildman–Crippen MR) is 119 cm³/mol. The third kappa shape index (κ3) is 4.95. The number of ether oxygens (including phenoxy) is 1. The average molecular weight is 541 g/mol. The fourth-order valence-corrected chi connectivity index (χ4v) is 4.16. The molecule has 0 radical (unpaired) electrons. The van der Waals surface area contributed by atoms with Crippen LogP contribution in [-0.4, -0.2) is 28.5 Å². The summed E-state index contributed by atoms with van der Waals surface area (Å²) in [5.74, 6) is -1.86. The number of aromatic hydroxyl groups is 1. The summed E-state index contributed by atoms with van der Waals surface area (Å²) in [5.41, 5.74) is 0.212. The van der Waals surface area contributed by atoms with Gasteiger partial charge in [0, 0.05) is 10.9 Å². The van der Waals surface area contributed by atoms with Gasteiger partial charge in [-0.15, -0.1) is 11.3 Å². The number of carbonyl (C=O) groups excluding carboxylic acids is 2. The minimum absolute atomic E-state index is 0.169. The maximum Gasteiger partial charge on any atom is 0.341 e. The van der Waals surface area contributed by atoms with Crippen LogP contribution in [0, 0.1) is 38.9 Å². The standard InChI is InChI=1S/C19H16IN3O6S/c1-4-29-19(26)15-9(2)10(3)30-18(15)22-17(25)12(8-21)5-11-6-13(20)16(24)14(7-11)23(27)28/h5-7,24H,4H2,1-3H3,(H,22,25)/b12-5+. The molecule has 0 bridgehead atoms. The number of nitrogens with one attached hydrogen (secondary N) is 1. The van der Waals surface area contributed by atoms with Gasteiger partial charge in [0.1, 0.15) is 16.6 Å². The molecule has 30 heavy (non-hydrogen) atoms. The molecule has 1 amide bonds. The van der Waals surface area contributed by atoms with Gasteiger partial charge in [0.15, 0.2) is 0 Å². The van der Waals surface area contributed by atoms with Crippen molar-refractivity contribution in [3.63, 3.8) is 0 Å². The van der Waals surface area contributed by atoms with Gasteiger partial charge in [-0.2, -0.15) is 5.26 Å². The molecular weight excluding hydrogens is 525 g/mol. The number of nitro groups is 1. The van der Waals surface area contributed by atoms with Crippen molar-refractivity contribution in [3.8, 4) is 11.8 Å². The fourth-order valence-electron chi connectivity index (χ4n) is 2.48. The molecule has 0 spiro atoms. The Morgan fingerprint density at radius 2 is 2.10 bits per heavy atom. The molecule has 0 aliphatic heterocycles. The monoisotopic (exact) mass is 541 g/mol. The van der Waals surface area contributed by atoms with Gasteiger partial charge in [0.25, 0.3) is 5.91 Å². The van der Waals surface area contributed by atoms with Crippen molar-refractivity contribution in [3.05, 3.63) is 53.0 Å². The van der Waals surface area contributed by atoms with E-state index in [2.05, 4.69) is 5.32 Å². The summed E-state index contributed by atoms with van der Waals surface area (Å²) < 4.78 is 5.23. The van der Waals surface area contributed by atoms with Gasteiger partial charge in [0.05, 0.1) is 20.7 Å². The first-order chi connectivity index (χ1) is 14.1. The molecule has 1 heterocycles. The molecule has 0 aliphatic rings. The summed E-state index contributed by atoms with van der Waals surface area (Å²) in [7, 11) is 0. The van der Waals surface area contributed by atoms with Crippen LogP contribution >= 0.6 is 33.9 Å². The Hall–Kier alpha value is -2.98. The SMILES string of the molecule is CCOC(=O)c1c(NC(=O)/C(C#N)=C/c2cc(I)c(O)c([N+](=O)[O-])c2)sc(C)c1C. The van der Waals surface area contributed by atoms with Crippen LogP contribution in [-0.2, 0) is 9.53 Å². The highest BCUT2D eigenvalue weighted by Crippen LogP contribution is 2.34. The van der Waals surface area contributed by atoms with Crippen molar-refractivity contribution < 1.29 is 24.4 Å². The largest absolute Gasteiger partial charge is 0.501 e. The van der Waals surface area contributed by atoms with E-state index < -0.39 is 28.2 Å². The first-order valence-electron chi connectivity index (χ1n) is 8.47. The quantitative estimate of drug-likeness (QED) is 0.139. The predicted octanol–water partition coefficient (Wildman–Crippen LogP) is 4.31. The number of esters is 1. The number of phenolic OH excluding ortho intramolecular Hbond substituents is 1. The average Bonchev–Trinajstić information content (AvgIpc) is 2.95. The Labute approximate surface area is 189 Å². The van der Waals surface area contributed by atoms with Gasteiger partial charge < -0.3 is 15.2 Å². The summed E-state index contributed by atoms with van der Waals surface area (Å²) in [6.45, 7) is 5.35. The number of phenols is 1. The second-order valence-electron chi connectivity index (χ2n) is 5.96. The van der Waals surface area contributed by atoms with Crippen molar-refractivity contribution in [2.75, 3.05) is 11.9 Å². The Bertz CT molecular complexity index is 1120. The number of rotatable bonds is 6. The second kappa shape index (κ2) is 9.68. The number of hydrogen-bond acceptors (Lipinski definition) is 8. The van der Waals surface area contributed by atoms with E-state index >= 15 is 0 Å². The van der Waals surface area contributed by atoms with E-state index in [4.69, 9.17) is 4.74 Å². The van der Waals surface area contributed by atoms with E-state index in [0.29, 0.717) is 5.56 Å². The molecule has 2 aromatic rings. The number of aryl methyl sites for hydroxylation is 1. The van der Waals surface area contributed by atoms with Crippen LogP contribution in [0.5, 0.6) is 5.75 Å². The maximum atomic E-state index is 12.6. The molecule has 0 unspecified atom stereocenters. The lowest BCUT2D eigenvalue weighted by Crippen LogP contribution is -2.16. The molecule has 11 heteroatoms. The highest BCUT2D eigenvalue weighted by Gasteiger charge is 2.23. The van der Waals surface area contributed by atoms with Crippen molar-refractivity contribution in [2.45, 2.75) is 20.8 Å². The molecule has 2 N–H and O–H groups in total. The van der Waals surface area contributed by atoms with Gasteiger partial charge in [0.2, 0.25) is 5.75 Å².